The van der Waals surface area contributed by atoms with Crippen molar-refractivity contribution in [2.45, 2.75) is 6.61 Å². The van der Waals surface area contributed by atoms with Crippen LogP contribution in [-0.2, 0) is 6.61 Å². The Hall–Kier alpha value is -1.94. The largest absolute Gasteiger partial charge is 0.488 e. The van der Waals surface area contributed by atoms with Gasteiger partial charge in [-0.2, -0.15) is 0 Å². The molecule has 4 heteroatoms. The predicted molar refractivity (Wildman–Crippen MR) is 80.2 cm³/mol. The van der Waals surface area contributed by atoms with Crippen molar-refractivity contribution in [3.63, 3.8) is 0 Å². The monoisotopic (exact) mass is 331 g/mol. The van der Waals surface area contributed by atoms with E-state index < -0.39 is 0 Å². The Bertz CT molecular complexity index is 755. The number of pyridine rings is 1. The van der Waals surface area contributed by atoms with Gasteiger partial charge in [-0.15, -0.1) is 0 Å². The number of rotatable bonds is 3. The fourth-order valence-electron chi connectivity index (χ4n) is 2.00. The zero-order valence-corrected chi connectivity index (χ0v) is 12.1. The molecule has 0 unspecified atom stereocenters. The van der Waals surface area contributed by atoms with Crippen LogP contribution in [-0.4, -0.2) is 4.98 Å². The molecule has 1 aromatic heterocycles. The van der Waals surface area contributed by atoms with Gasteiger partial charge in [0.05, 0.1) is 5.52 Å². The number of aromatic nitrogens is 1. The first kappa shape index (κ1) is 13.1. The highest BCUT2D eigenvalue weighted by Crippen LogP contribution is 2.26. The Labute approximate surface area is 124 Å². The van der Waals surface area contributed by atoms with Crippen molar-refractivity contribution < 1.29 is 9.13 Å². The smallest absolute Gasteiger partial charge is 0.129 e. The fourth-order valence-corrected chi connectivity index (χ4v) is 2.46. The lowest BCUT2D eigenvalue weighted by Gasteiger charge is -2.10. The van der Waals surface area contributed by atoms with Gasteiger partial charge in [0.25, 0.3) is 0 Å². The van der Waals surface area contributed by atoms with Crippen molar-refractivity contribution in [1.82, 2.24) is 4.98 Å². The van der Waals surface area contributed by atoms with E-state index in [1.165, 1.54) is 12.1 Å². The molecule has 0 radical (unpaired) electrons. The molecule has 0 aliphatic rings. The van der Waals surface area contributed by atoms with Gasteiger partial charge < -0.3 is 4.74 Å². The zero-order valence-electron chi connectivity index (χ0n) is 10.5. The van der Waals surface area contributed by atoms with Gasteiger partial charge in [0.15, 0.2) is 0 Å². The third-order valence-electron chi connectivity index (χ3n) is 3.00. The lowest BCUT2D eigenvalue weighted by atomic mass is 10.2. The molecular weight excluding hydrogens is 321 g/mol. The van der Waals surface area contributed by atoms with Crippen LogP contribution < -0.4 is 4.74 Å². The first-order valence-corrected chi connectivity index (χ1v) is 6.94. The zero-order chi connectivity index (χ0) is 13.9. The lowest BCUT2D eigenvalue weighted by molar-refractivity contribution is 0.309. The highest BCUT2D eigenvalue weighted by molar-refractivity contribution is 9.10. The number of hydrogen-bond donors (Lipinski definition) is 0. The van der Waals surface area contributed by atoms with E-state index in [1.54, 1.807) is 12.3 Å². The molecule has 2 nitrogen and oxygen atoms in total. The summed E-state index contributed by atoms with van der Waals surface area (Å²) in [5, 5.41) is 0.966. The molecular formula is C16H11BrFNO. The summed E-state index contributed by atoms with van der Waals surface area (Å²) in [7, 11) is 0. The molecule has 3 rings (SSSR count). The predicted octanol–water partition coefficient (Wildman–Crippen LogP) is 4.72. The summed E-state index contributed by atoms with van der Waals surface area (Å²) in [6.07, 6.45) is 1.75. The number of benzene rings is 2. The van der Waals surface area contributed by atoms with Crippen molar-refractivity contribution in [1.29, 1.82) is 0 Å². The Balaban J connectivity index is 1.87. The molecule has 0 N–H and O–H groups in total. The quantitative estimate of drug-likeness (QED) is 0.693. The summed E-state index contributed by atoms with van der Waals surface area (Å²) in [5.74, 6) is 0.502. The molecule has 2 aromatic carbocycles. The molecule has 20 heavy (non-hydrogen) atoms. The summed E-state index contributed by atoms with van der Waals surface area (Å²) in [6, 6.07) is 14.2. The topological polar surface area (TPSA) is 22.1 Å². The van der Waals surface area contributed by atoms with E-state index in [1.807, 2.05) is 30.3 Å². The Morgan fingerprint density at radius 2 is 2.00 bits per heavy atom. The molecule has 0 fully saturated rings. The van der Waals surface area contributed by atoms with Gasteiger partial charge in [-0.05, 0) is 36.4 Å². The first-order chi connectivity index (χ1) is 9.74. The Morgan fingerprint density at radius 1 is 1.10 bits per heavy atom. The van der Waals surface area contributed by atoms with Crippen LogP contribution in [0.4, 0.5) is 4.39 Å². The average Bonchev–Trinajstić information content (AvgIpc) is 2.46. The van der Waals surface area contributed by atoms with Crippen molar-refractivity contribution in [3.8, 4) is 5.75 Å². The molecule has 100 valence electrons. The van der Waals surface area contributed by atoms with Gasteiger partial charge in [-0.3, -0.25) is 4.98 Å². The number of nitrogens with zero attached hydrogens (tertiary/aromatic N) is 1. The van der Waals surface area contributed by atoms with Gasteiger partial charge in [-0.25, -0.2) is 4.39 Å². The van der Waals surface area contributed by atoms with Crippen molar-refractivity contribution in [2.75, 3.05) is 0 Å². The van der Waals surface area contributed by atoms with Crippen LogP contribution in [0, 0.1) is 5.82 Å². The fraction of sp³-hybridized carbons (Fsp3) is 0.0625. The van der Waals surface area contributed by atoms with E-state index in [-0.39, 0.29) is 5.82 Å². The van der Waals surface area contributed by atoms with Crippen LogP contribution in [0.1, 0.15) is 5.56 Å². The molecule has 0 amide bonds. The normalized spacial score (nSPS) is 10.7. The lowest BCUT2D eigenvalue weighted by Crippen LogP contribution is -1.97. The standard InChI is InChI=1S/C16H11BrFNO/c17-14-9-12(18)7-6-11(14)10-20-16-5-1-4-15-13(16)3-2-8-19-15/h1-9H,10H2. The minimum atomic E-state index is -0.269. The average molecular weight is 332 g/mol. The Kier molecular flexibility index (Phi) is 3.65. The van der Waals surface area contributed by atoms with E-state index in [0.29, 0.717) is 11.1 Å². The number of halogens is 2. The van der Waals surface area contributed by atoms with Crippen LogP contribution in [0.2, 0.25) is 0 Å². The van der Waals surface area contributed by atoms with Gasteiger partial charge in [0, 0.05) is 21.6 Å². The number of fused-ring (bicyclic) bond motifs is 1. The molecule has 0 aliphatic heterocycles. The van der Waals surface area contributed by atoms with Crippen LogP contribution in [0.25, 0.3) is 10.9 Å². The van der Waals surface area contributed by atoms with Crippen LogP contribution >= 0.6 is 15.9 Å². The minimum Gasteiger partial charge on any atom is -0.488 e. The van der Waals surface area contributed by atoms with Gasteiger partial charge in [0.1, 0.15) is 18.2 Å². The van der Waals surface area contributed by atoms with Crippen LogP contribution in [0.3, 0.4) is 0 Å². The van der Waals surface area contributed by atoms with E-state index in [2.05, 4.69) is 20.9 Å². The van der Waals surface area contributed by atoms with Crippen molar-refractivity contribution in [2.24, 2.45) is 0 Å². The van der Waals surface area contributed by atoms with E-state index in [9.17, 15) is 4.39 Å². The summed E-state index contributed by atoms with van der Waals surface area (Å²) in [6.45, 7) is 0.370. The number of ether oxygens (including phenoxy) is 1. The molecule has 0 saturated carbocycles. The maximum absolute atomic E-state index is 13.0. The van der Waals surface area contributed by atoms with Gasteiger partial charge in [-0.1, -0.05) is 28.1 Å². The summed E-state index contributed by atoms with van der Waals surface area (Å²) in [4.78, 5) is 4.29. The van der Waals surface area contributed by atoms with Crippen molar-refractivity contribution >= 4 is 26.8 Å². The third kappa shape index (κ3) is 2.65. The maximum Gasteiger partial charge on any atom is 0.129 e. The summed E-state index contributed by atoms with van der Waals surface area (Å²) in [5.41, 5.74) is 1.79. The molecule has 0 atom stereocenters. The highest BCUT2D eigenvalue weighted by Gasteiger charge is 2.05. The second kappa shape index (κ2) is 5.59. The summed E-state index contributed by atoms with van der Waals surface area (Å²) >= 11 is 3.34. The second-order valence-electron chi connectivity index (χ2n) is 4.35. The molecule has 0 saturated heterocycles. The Morgan fingerprint density at radius 3 is 2.85 bits per heavy atom. The molecule has 0 bridgehead atoms. The van der Waals surface area contributed by atoms with Crippen LogP contribution in [0.5, 0.6) is 5.75 Å². The van der Waals surface area contributed by atoms with Crippen molar-refractivity contribution in [3.05, 3.63) is 70.6 Å². The SMILES string of the molecule is Fc1ccc(COc2cccc3ncccc23)c(Br)c1. The summed E-state index contributed by atoms with van der Waals surface area (Å²) < 4.78 is 19.6. The van der Waals surface area contributed by atoms with E-state index in [0.717, 1.165) is 22.2 Å². The highest BCUT2D eigenvalue weighted by atomic mass is 79.9. The van der Waals surface area contributed by atoms with Crippen LogP contribution in [0.15, 0.2) is 59.2 Å². The molecule has 3 aromatic rings. The third-order valence-corrected chi connectivity index (χ3v) is 3.74. The minimum absolute atomic E-state index is 0.269. The first-order valence-electron chi connectivity index (χ1n) is 6.14. The van der Waals surface area contributed by atoms with Gasteiger partial charge >= 0.3 is 0 Å². The second-order valence-corrected chi connectivity index (χ2v) is 5.20. The number of hydrogen-bond acceptors (Lipinski definition) is 2. The molecule has 0 aliphatic carbocycles. The molecule has 0 spiro atoms. The van der Waals surface area contributed by atoms with Gasteiger partial charge in [0.2, 0.25) is 0 Å². The van der Waals surface area contributed by atoms with E-state index in [4.69, 9.17) is 4.74 Å². The maximum atomic E-state index is 13.0. The van der Waals surface area contributed by atoms with E-state index >= 15 is 0 Å². The molecule has 1 heterocycles.